The third kappa shape index (κ3) is 3.25. The van der Waals surface area contributed by atoms with Crippen LogP contribution < -0.4 is 11.5 Å². The largest absolute Gasteiger partial charge is 0.329 e. The maximum absolute atomic E-state index is 5.46. The predicted molar refractivity (Wildman–Crippen MR) is 40.5 cm³/mol. The normalized spacial score (nSPS) is 18.9. The standard InChI is InChI=1S/C4H11IN2/c1-3(7)4(5)2-6/h3-4H,2,6-7H2,1H3. The van der Waals surface area contributed by atoms with Gasteiger partial charge in [-0.15, -0.1) is 0 Å². The molecular weight excluding hydrogens is 203 g/mol. The molecule has 0 saturated carbocycles. The van der Waals surface area contributed by atoms with Gasteiger partial charge in [0.1, 0.15) is 0 Å². The van der Waals surface area contributed by atoms with E-state index < -0.39 is 0 Å². The summed E-state index contributed by atoms with van der Waals surface area (Å²) in [4.78, 5) is 0. The van der Waals surface area contributed by atoms with Gasteiger partial charge in [-0.25, -0.2) is 0 Å². The second kappa shape index (κ2) is 3.63. The van der Waals surface area contributed by atoms with Gasteiger partial charge >= 0.3 is 0 Å². The lowest BCUT2D eigenvalue weighted by molar-refractivity contribution is 0.713. The zero-order chi connectivity index (χ0) is 5.86. The Morgan fingerprint density at radius 1 is 1.71 bits per heavy atom. The third-order valence-electron chi connectivity index (χ3n) is 0.796. The molecule has 0 aliphatic rings. The van der Waals surface area contributed by atoms with Gasteiger partial charge in [0.2, 0.25) is 0 Å². The molecule has 44 valence electrons. The molecule has 0 saturated heterocycles. The fraction of sp³-hybridized carbons (Fsp3) is 1.00. The van der Waals surface area contributed by atoms with Crippen molar-refractivity contribution in [1.82, 2.24) is 0 Å². The van der Waals surface area contributed by atoms with Crippen molar-refractivity contribution in [2.75, 3.05) is 6.54 Å². The second-order valence-corrected chi connectivity index (χ2v) is 3.21. The van der Waals surface area contributed by atoms with Gasteiger partial charge in [0.15, 0.2) is 0 Å². The molecule has 0 aliphatic carbocycles. The van der Waals surface area contributed by atoms with Crippen molar-refractivity contribution in [2.45, 2.75) is 16.9 Å². The average molecular weight is 214 g/mol. The van der Waals surface area contributed by atoms with Crippen molar-refractivity contribution in [2.24, 2.45) is 11.5 Å². The summed E-state index contributed by atoms with van der Waals surface area (Å²) < 4.78 is 0.428. The molecule has 2 atom stereocenters. The monoisotopic (exact) mass is 214 g/mol. The molecule has 0 fully saturated rings. The van der Waals surface area contributed by atoms with Gasteiger partial charge in [-0.3, -0.25) is 0 Å². The second-order valence-electron chi connectivity index (χ2n) is 1.61. The first-order chi connectivity index (χ1) is 3.18. The molecule has 7 heavy (non-hydrogen) atoms. The maximum Gasteiger partial charge on any atom is 0.0381 e. The van der Waals surface area contributed by atoms with Gasteiger partial charge in [-0.2, -0.15) is 0 Å². The van der Waals surface area contributed by atoms with E-state index in [1.165, 1.54) is 0 Å². The minimum atomic E-state index is 0.227. The van der Waals surface area contributed by atoms with E-state index in [1.54, 1.807) is 0 Å². The van der Waals surface area contributed by atoms with Crippen LogP contribution >= 0.6 is 22.6 Å². The van der Waals surface area contributed by atoms with Crippen molar-refractivity contribution in [3.05, 3.63) is 0 Å². The highest BCUT2D eigenvalue weighted by Crippen LogP contribution is 1.99. The lowest BCUT2D eigenvalue weighted by Crippen LogP contribution is -2.32. The average Bonchev–Trinajstić information content (AvgIpc) is 1.65. The molecule has 0 radical (unpaired) electrons. The van der Waals surface area contributed by atoms with Gasteiger partial charge in [0.05, 0.1) is 0 Å². The van der Waals surface area contributed by atoms with Gasteiger partial charge in [0, 0.05) is 16.5 Å². The first-order valence-electron chi connectivity index (χ1n) is 2.28. The number of hydrogen-bond donors (Lipinski definition) is 2. The van der Waals surface area contributed by atoms with Gasteiger partial charge in [-0.1, -0.05) is 22.6 Å². The van der Waals surface area contributed by atoms with Crippen molar-refractivity contribution in [3.8, 4) is 0 Å². The lowest BCUT2D eigenvalue weighted by Gasteiger charge is -2.08. The van der Waals surface area contributed by atoms with E-state index in [0.29, 0.717) is 10.5 Å². The van der Waals surface area contributed by atoms with Crippen LogP contribution in [0.5, 0.6) is 0 Å². The molecule has 3 heteroatoms. The highest BCUT2D eigenvalue weighted by Gasteiger charge is 2.04. The zero-order valence-electron chi connectivity index (χ0n) is 4.39. The summed E-state index contributed by atoms with van der Waals surface area (Å²) in [6.45, 7) is 2.64. The molecule has 0 aromatic rings. The Balaban J connectivity index is 3.14. The number of rotatable bonds is 2. The molecule has 2 nitrogen and oxygen atoms in total. The van der Waals surface area contributed by atoms with Crippen LogP contribution in [0, 0.1) is 0 Å². The smallest absolute Gasteiger partial charge is 0.0381 e. The summed E-state index contributed by atoms with van der Waals surface area (Å²) in [6, 6.07) is 0.227. The van der Waals surface area contributed by atoms with Crippen LogP contribution in [0.25, 0.3) is 0 Å². The molecule has 0 spiro atoms. The summed E-state index contributed by atoms with van der Waals surface area (Å²) in [7, 11) is 0. The molecule has 0 bridgehead atoms. The molecule has 0 aliphatic heterocycles. The maximum atomic E-state index is 5.46. The number of halogens is 1. The SMILES string of the molecule is CC(N)C(I)CN. The Bertz CT molecular complexity index is 47.0. The highest BCUT2D eigenvalue weighted by atomic mass is 127. The molecule has 4 N–H and O–H groups in total. The molecule has 0 rings (SSSR count). The van der Waals surface area contributed by atoms with Gasteiger partial charge in [0.25, 0.3) is 0 Å². The Morgan fingerprint density at radius 2 is 2.14 bits per heavy atom. The third-order valence-corrected chi connectivity index (χ3v) is 2.44. The zero-order valence-corrected chi connectivity index (χ0v) is 6.55. The van der Waals surface area contributed by atoms with E-state index in [-0.39, 0.29) is 6.04 Å². The molecular formula is C4H11IN2. The Labute approximate surface area is 57.8 Å². The van der Waals surface area contributed by atoms with E-state index in [2.05, 4.69) is 22.6 Å². The van der Waals surface area contributed by atoms with E-state index in [9.17, 15) is 0 Å². The summed E-state index contributed by atoms with van der Waals surface area (Å²) in [5.74, 6) is 0. The van der Waals surface area contributed by atoms with E-state index in [0.717, 1.165) is 0 Å². The fourth-order valence-electron chi connectivity index (χ4n) is 0.215. The predicted octanol–water partition coefficient (Wildman–Crippen LogP) is 0.0959. The van der Waals surface area contributed by atoms with Crippen LogP contribution in [0.4, 0.5) is 0 Å². The minimum absolute atomic E-state index is 0.227. The number of alkyl halides is 1. The Morgan fingerprint density at radius 3 is 2.14 bits per heavy atom. The molecule has 2 unspecified atom stereocenters. The van der Waals surface area contributed by atoms with Crippen LogP contribution in [-0.4, -0.2) is 16.5 Å². The Hall–Kier alpha value is 0.650. The van der Waals surface area contributed by atoms with Crippen molar-refractivity contribution in [3.63, 3.8) is 0 Å². The van der Waals surface area contributed by atoms with Crippen molar-refractivity contribution >= 4 is 22.6 Å². The summed E-state index contributed by atoms with van der Waals surface area (Å²) in [6.07, 6.45) is 0. The topological polar surface area (TPSA) is 52.0 Å². The minimum Gasteiger partial charge on any atom is -0.329 e. The van der Waals surface area contributed by atoms with Crippen LogP contribution in [-0.2, 0) is 0 Å². The molecule has 0 aromatic carbocycles. The van der Waals surface area contributed by atoms with Crippen LogP contribution in [0.1, 0.15) is 6.92 Å². The first kappa shape index (κ1) is 7.65. The lowest BCUT2D eigenvalue weighted by atomic mass is 10.3. The van der Waals surface area contributed by atoms with Crippen molar-refractivity contribution < 1.29 is 0 Å². The van der Waals surface area contributed by atoms with Gasteiger partial charge in [-0.05, 0) is 6.92 Å². The first-order valence-corrected chi connectivity index (χ1v) is 3.52. The van der Waals surface area contributed by atoms with Crippen LogP contribution in [0.3, 0.4) is 0 Å². The van der Waals surface area contributed by atoms with Crippen molar-refractivity contribution in [1.29, 1.82) is 0 Å². The number of hydrogen-bond acceptors (Lipinski definition) is 2. The van der Waals surface area contributed by atoms with Gasteiger partial charge < -0.3 is 11.5 Å². The fourth-order valence-corrected chi connectivity index (χ4v) is 0.215. The molecule has 0 aromatic heterocycles. The molecule has 0 heterocycles. The molecule has 0 amide bonds. The summed E-state index contributed by atoms with van der Waals surface area (Å²) >= 11 is 2.25. The number of nitrogens with two attached hydrogens (primary N) is 2. The summed E-state index contributed by atoms with van der Waals surface area (Å²) in [5, 5.41) is 0. The van der Waals surface area contributed by atoms with Crippen LogP contribution in [0.15, 0.2) is 0 Å². The van der Waals surface area contributed by atoms with E-state index in [4.69, 9.17) is 11.5 Å². The quantitative estimate of drug-likeness (QED) is 0.505. The van der Waals surface area contributed by atoms with Crippen LogP contribution in [0.2, 0.25) is 0 Å². The summed E-state index contributed by atoms with van der Waals surface area (Å²) in [5.41, 5.74) is 10.7. The Kier molecular flexibility index (Phi) is 3.96. The highest BCUT2D eigenvalue weighted by molar-refractivity contribution is 14.1. The van der Waals surface area contributed by atoms with E-state index in [1.807, 2.05) is 6.92 Å². The van der Waals surface area contributed by atoms with E-state index >= 15 is 0 Å².